The SMILES string of the molecule is CC(=O)N[C@H](CCCNC(=N)N)C(=O)N[C@H]1CCCNC(=O)CC[C@@H](C(N)=O)NC(=O)[C@H](Cc2c[nH]c3ccccc23)NC(=O)[C@H](CCCNC(=N)N)NC(=O)[C@@H](Cc2ccccc2)NC(=O)[C@H](Cc2c[nH]cn2)NC1=O. The van der Waals surface area contributed by atoms with Crippen LogP contribution >= 0.6 is 0 Å². The van der Waals surface area contributed by atoms with Crippen LogP contribution in [0.2, 0.25) is 0 Å². The molecule has 5 rings (SSSR count). The minimum Gasteiger partial charge on any atom is -0.370 e. The molecular weight excluding hydrogens is 997 g/mol. The lowest BCUT2D eigenvalue weighted by Crippen LogP contribution is -2.61. The first kappa shape index (κ1) is 58.8. The Kier molecular flexibility index (Phi) is 22.7. The van der Waals surface area contributed by atoms with Gasteiger partial charge in [0.2, 0.25) is 53.2 Å². The number of H-pyrrole nitrogens is 2. The first-order valence-electron chi connectivity index (χ1n) is 25.2. The Morgan fingerprint density at radius 1 is 0.714 bits per heavy atom. The Hall–Kier alpha value is -9.04. The zero-order valence-corrected chi connectivity index (χ0v) is 42.7. The molecular formula is C50H70N18O9. The third-order valence-corrected chi connectivity index (χ3v) is 12.5. The summed E-state index contributed by atoms with van der Waals surface area (Å²) in [5.74, 6) is -7.64. The zero-order valence-electron chi connectivity index (χ0n) is 42.7. The number of nitrogens with zero attached hydrogens (tertiary/aromatic N) is 1. The molecule has 27 heteroatoms. The average Bonchev–Trinajstić information content (AvgIpc) is 4.07. The Labute approximate surface area is 443 Å². The number of amides is 9. The lowest BCUT2D eigenvalue weighted by molar-refractivity contribution is -0.135. The van der Waals surface area contributed by atoms with Crippen molar-refractivity contribution in [1.82, 2.24) is 68.1 Å². The monoisotopic (exact) mass is 1070 g/mol. The van der Waals surface area contributed by atoms with Gasteiger partial charge in [0.15, 0.2) is 11.9 Å². The number of nitrogens with two attached hydrogens (primary N) is 3. The Morgan fingerprint density at radius 3 is 1.99 bits per heavy atom. The molecule has 9 amide bonds. The van der Waals surface area contributed by atoms with Crippen molar-refractivity contribution in [2.45, 2.75) is 120 Å². The van der Waals surface area contributed by atoms with Crippen LogP contribution in [0.4, 0.5) is 0 Å². The molecule has 1 aliphatic rings. The summed E-state index contributed by atoms with van der Waals surface area (Å²) in [7, 11) is 0. The lowest BCUT2D eigenvalue weighted by atomic mass is 10.0. The van der Waals surface area contributed by atoms with Crippen molar-refractivity contribution in [1.29, 1.82) is 10.8 Å². The number of aromatic amines is 2. The van der Waals surface area contributed by atoms with Crippen LogP contribution in [0.25, 0.3) is 10.9 Å². The van der Waals surface area contributed by atoms with Crippen LogP contribution < -0.4 is 70.4 Å². The number of primary amides is 1. The number of hydrogen-bond acceptors (Lipinski definition) is 12. The fourth-order valence-corrected chi connectivity index (χ4v) is 8.54. The summed E-state index contributed by atoms with van der Waals surface area (Å²) in [4.78, 5) is 135. The maximum absolute atomic E-state index is 14.7. The number of carbonyl (C=O) groups is 9. The van der Waals surface area contributed by atoms with E-state index in [1.807, 2.05) is 18.2 Å². The number of benzene rings is 2. The molecule has 1 saturated heterocycles. The van der Waals surface area contributed by atoms with Gasteiger partial charge in [-0.1, -0.05) is 48.5 Å². The summed E-state index contributed by atoms with van der Waals surface area (Å²) in [6.07, 6.45) is 3.94. The number of fused-ring (bicyclic) bond motifs is 1. The molecule has 20 N–H and O–H groups in total. The fraction of sp³-hybridized carbons (Fsp3) is 0.440. The number of imidazole rings is 1. The van der Waals surface area contributed by atoms with Gasteiger partial charge < -0.3 is 80.3 Å². The predicted octanol–water partition coefficient (Wildman–Crippen LogP) is -2.97. The van der Waals surface area contributed by atoms with Gasteiger partial charge in [-0.2, -0.15) is 0 Å². The quantitative estimate of drug-likeness (QED) is 0.0269. The third-order valence-electron chi connectivity index (χ3n) is 12.5. The van der Waals surface area contributed by atoms with Crippen molar-refractivity contribution in [2.75, 3.05) is 19.6 Å². The maximum atomic E-state index is 14.7. The molecule has 1 fully saturated rings. The molecule has 414 valence electrons. The third kappa shape index (κ3) is 19.6. The van der Waals surface area contributed by atoms with Crippen molar-refractivity contribution in [3.05, 3.63) is 90.1 Å². The molecule has 0 radical (unpaired) electrons. The van der Waals surface area contributed by atoms with Gasteiger partial charge in [0.25, 0.3) is 0 Å². The van der Waals surface area contributed by atoms with Gasteiger partial charge in [0.1, 0.15) is 42.3 Å². The van der Waals surface area contributed by atoms with Crippen LogP contribution in [0.15, 0.2) is 73.3 Å². The van der Waals surface area contributed by atoms with Gasteiger partial charge in [0, 0.05) is 75.5 Å². The average molecular weight is 1070 g/mol. The van der Waals surface area contributed by atoms with Gasteiger partial charge in [-0.3, -0.25) is 54.0 Å². The van der Waals surface area contributed by atoms with Crippen LogP contribution in [0.5, 0.6) is 0 Å². The number of guanidine groups is 2. The predicted molar refractivity (Wildman–Crippen MR) is 283 cm³/mol. The number of aromatic nitrogens is 3. The second-order valence-corrected chi connectivity index (χ2v) is 18.5. The highest BCUT2D eigenvalue weighted by Gasteiger charge is 2.35. The van der Waals surface area contributed by atoms with Gasteiger partial charge in [0.05, 0.1) is 12.0 Å². The van der Waals surface area contributed by atoms with Gasteiger partial charge >= 0.3 is 0 Å². The van der Waals surface area contributed by atoms with E-state index >= 15 is 0 Å². The van der Waals surface area contributed by atoms with Crippen molar-refractivity contribution >= 4 is 76.0 Å². The van der Waals surface area contributed by atoms with Crippen LogP contribution in [0, 0.1) is 10.8 Å². The van der Waals surface area contributed by atoms with E-state index in [4.69, 9.17) is 28.0 Å². The van der Waals surface area contributed by atoms with Gasteiger partial charge in [-0.15, -0.1) is 0 Å². The zero-order chi connectivity index (χ0) is 55.9. The fourth-order valence-electron chi connectivity index (χ4n) is 8.54. The Bertz CT molecular complexity index is 2700. The van der Waals surface area contributed by atoms with Gasteiger partial charge in [-0.25, -0.2) is 4.98 Å². The van der Waals surface area contributed by atoms with Gasteiger partial charge in [-0.05, 0) is 62.1 Å². The Balaban J connectivity index is 1.54. The first-order valence-corrected chi connectivity index (χ1v) is 25.2. The molecule has 77 heavy (non-hydrogen) atoms. The maximum Gasteiger partial charge on any atom is 0.243 e. The molecule has 0 bridgehead atoms. The van der Waals surface area contributed by atoms with Crippen LogP contribution in [-0.2, 0) is 62.4 Å². The highest BCUT2D eigenvalue weighted by Crippen LogP contribution is 2.20. The topological polar surface area (TPSA) is 444 Å². The molecule has 0 aliphatic carbocycles. The van der Waals surface area contributed by atoms with E-state index < -0.39 is 95.5 Å². The lowest BCUT2D eigenvalue weighted by Gasteiger charge is -2.28. The van der Waals surface area contributed by atoms with Crippen molar-refractivity contribution < 1.29 is 43.2 Å². The number of para-hydroxylation sites is 1. The molecule has 2 aromatic heterocycles. The minimum atomic E-state index is -1.44. The van der Waals surface area contributed by atoms with E-state index in [1.165, 1.54) is 19.4 Å². The standard InChI is InChI=1S/C50H70N18O9/c1-28(69)62-35(14-8-20-58-49(52)53)43(72)64-36-15-7-19-57-41(70)18-17-34(42(51)71)63-47(76)39(23-30-25-60-33-13-6-5-12-32(30)33)67-44(73)37(16-9-21-59-50(54)55)65-46(75)38(22-29-10-3-2-4-11-29)66-48(77)40(68-45(36)74)24-31-26-56-27-61-31/h2-6,10-13,25-27,34-40,60H,7-9,14-24H2,1H3,(H2,51,71)(H,56,61)(H,57,70)(H,62,69)(H,63,76)(H,64,72)(H,65,75)(H,66,77)(H,67,73)(H,68,74)(H4,52,53,58)(H4,54,55,59)/t34-,35+,36-,37-,38+,39-,40-/m0/s1. The molecule has 7 atom stereocenters. The normalized spacial score (nSPS) is 20.8. The second kappa shape index (κ2) is 29.7. The molecule has 0 spiro atoms. The number of hydrogen-bond donors (Lipinski definition) is 17. The summed E-state index contributed by atoms with van der Waals surface area (Å²) in [5.41, 5.74) is 19.0. The summed E-state index contributed by atoms with van der Waals surface area (Å²) in [6, 6.07) is 6.38. The molecule has 3 heterocycles. The summed E-state index contributed by atoms with van der Waals surface area (Å²) < 4.78 is 0. The summed E-state index contributed by atoms with van der Waals surface area (Å²) >= 11 is 0. The highest BCUT2D eigenvalue weighted by atomic mass is 16.2. The number of carbonyl (C=O) groups excluding carboxylic acids is 9. The molecule has 27 nitrogen and oxygen atoms in total. The van der Waals surface area contributed by atoms with Crippen molar-refractivity contribution in [3.63, 3.8) is 0 Å². The molecule has 2 aromatic carbocycles. The Morgan fingerprint density at radius 2 is 1.32 bits per heavy atom. The molecule has 0 unspecified atom stereocenters. The van der Waals surface area contributed by atoms with E-state index in [9.17, 15) is 43.2 Å². The summed E-state index contributed by atoms with van der Waals surface area (Å²) in [5, 5.41) is 42.6. The van der Waals surface area contributed by atoms with Crippen molar-refractivity contribution in [3.8, 4) is 0 Å². The first-order chi connectivity index (χ1) is 36.9. The highest BCUT2D eigenvalue weighted by molar-refractivity contribution is 5.98. The summed E-state index contributed by atoms with van der Waals surface area (Å²) in [6.45, 7) is 1.47. The molecule has 1 aliphatic heterocycles. The number of nitrogens with one attached hydrogen (secondary N) is 14. The van der Waals surface area contributed by atoms with Crippen LogP contribution in [-0.4, -0.2) is 142 Å². The van der Waals surface area contributed by atoms with E-state index in [1.54, 1.807) is 42.6 Å². The van der Waals surface area contributed by atoms with Crippen LogP contribution in [0.1, 0.15) is 75.1 Å². The minimum absolute atomic E-state index is 0.0455. The second-order valence-electron chi connectivity index (χ2n) is 18.5. The van der Waals surface area contributed by atoms with E-state index in [0.29, 0.717) is 16.8 Å². The smallest absolute Gasteiger partial charge is 0.243 e. The molecule has 4 aromatic rings. The number of rotatable bonds is 18. The largest absolute Gasteiger partial charge is 0.370 e. The van der Waals surface area contributed by atoms with E-state index in [0.717, 1.165) is 10.9 Å². The van der Waals surface area contributed by atoms with E-state index in [2.05, 4.69) is 68.1 Å². The van der Waals surface area contributed by atoms with Crippen molar-refractivity contribution in [2.24, 2.45) is 17.2 Å². The van der Waals surface area contributed by atoms with Crippen LogP contribution in [0.3, 0.4) is 0 Å². The molecule has 0 saturated carbocycles. The van der Waals surface area contributed by atoms with E-state index in [-0.39, 0.29) is 102 Å².